The molecular weight excluding hydrogens is 377 g/mol. The highest BCUT2D eigenvalue weighted by atomic mass is 32.1. The van der Waals surface area contributed by atoms with Crippen LogP contribution < -0.4 is 21.1 Å². The van der Waals surface area contributed by atoms with Gasteiger partial charge in [0.25, 0.3) is 0 Å². The number of aromatic nitrogens is 1. The molecule has 1 aliphatic heterocycles. The van der Waals surface area contributed by atoms with Gasteiger partial charge in [-0.15, -0.1) is 11.3 Å². The monoisotopic (exact) mass is 393 g/mol. The summed E-state index contributed by atoms with van der Waals surface area (Å²) in [6.45, 7) is 0.670. The number of nitrogens with one attached hydrogen (secondary N) is 3. The summed E-state index contributed by atoms with van der Waals surface area (Å²) in [5.41, 5.74) is 6.22. The number of amides is 2. The fraction of sp³-hybridized carbons (Fsp3) is 0.250. The molecule has 1 aromatic carbocycles. The van der Waals surface area contributed by atoms with E-state index in [9.17, 15) is 14.0 Å². The van der Waals surface area contributed by atoms with Crippen LogP contribution in [0.2, 0.25) is 0 Å². The second kappa shape index (κ2) is 8.19. The Bertz CT molecular complexity index is 824. The van der Waals surface area contributed by atoms with E-state index >= 15 is 0 Å². The second-order valence-corrected chi connectivity index (χ2v) is 6.83. The first-order valence-electron chi connectivity index (χ1n) is 7.87. The van der Waals surface area contributed by atoms with Gasteiger partial charge in [0.15, 0.2) is 10.2 Å². The van der Waals surface area contributed by atoms with Gasteiger partial charge in [0, 0.05) is 24.0 Å². The van der Waals surface area contributed by atoms with E-state index in [0.29, 0.717) is 29.5 Å². The summed E-state index contributed by atoms with van der Waals surface area (Å²) in [7, 11) is 0. The lowest BCUT2D eigenvalue weighted by Crippen LogP contribution is -2.44. The van der Waals surface area contributed by atoms with Gasteiger partial charge in [-0.3, -0.25) is 25.3 Å². The molecule has 2 heterocycles. The van der Waals surface area contributed by atoms with E-state index < -0.39 is 0 Å². The van der Waals surface area contributed by atoms with Crippen molar-refractivity contribution in [3.05, 3.63) is 41.2 Å². The van der Waals surface area contributed by atoms with Crippen LogP contribution in [0.4, 0.5) is 15.2 Å². The fourth-order valence-corrected chi connectivity index (χ4v) is 3.42. The van der Waals surface area contributed by atoms with Crippen molar-refractivity contribution in [2.45, 2.75) is 19.3 Å². The van der Waals surface area contributed by atoms with Crippen LogP contribution in [-0.2, 0) is 16.0 Å². The molecule has 0 atom stereocenters. The zero-order valence-electron chi connectivity index (χ0n) is 13.6. The molecule has 26 heavy (non-hydrogen) atoms. The quantitative estimate of drug-likeness (QED) is 0.544. The van der Waals surface area contributed by atoms with Crippen molar-refractivity contribution in [2.24, 2.45) is 0 Å². The summed E-state index contributed by atoms with van der Waals surface area (Å²) in [4.78, 5) is 29.7. The average molecular weight is 393 g/mol. The molecule has 3 rings (SSSR count). The number of hydrogen-bond acceptors (Lipinski definition) is 5. The van der Waals surface area contributed by atoms with E-state index in [1.54, 1.807) is 10.3 Å². The van der Waals surface area contributed by atoms with Crippen LogP contribution in [0.5, 0.6) is 0 Å². The van der Waals surface area contributed by atoms with Gasteiger partial charge < -0.3 is 5.32 Å². The van der Waals surface area contributed by atoms with Gasteiger partial charge in [-0.05, 0) is 42.9 Å². The first kappa shape index (κ1) is 18.2. The molecule has 10 heteroatoms. The topological polar surface area (TPSA) is 86.4 Å². The predicted octanol–water partition coefficient (Wildman–Crippen LogP) is 1.97. The zero-order chi connectivity index (χ0) is 18.5. The number of anilines is 2. The molecule has 136 valence electrons. The zero-order valence-corrected chi connectivity index (χ0v) is 15.3. The van der Waals surface area contributed by atoms with Crippen LogP contribution in [0.1, 0.15) is 18.5 Å². The van der Waals surface area contributed by atoms with Crippen molar-refractivity contribution >= 4 is 51.3 Å². The van der Waals surface area contributed by atoms with Crippen LogP contribution in [0.3, 0.4) is 0 Å². The first-order chi connectivity index (χ1) is 12.5. The number of hydrogen-bond donors (Lipinski definition) is 3. The van der Waals surface area contributed by atoms with Gasteiger partial charge in [0.2, 0.25) is 11.8 Å². The lowest BCUT2D eigenvalue weighted by Gasteiger charge is -2.11. The minimum Gasteiger partial charge on any atom is -0.331 e. The first-order valence-corrected chi connectivity index (χ1v) is 9.16. The Labute approximate surface area is 158 Å². The molecule has 0 spiro atoms. The number of halogens is 1. The lowest BCUT2D eigenvalue weighted by atomic mass is 10.3. The maximum Gasteiger partial charge on any atom is 0.244 e. The number of thiazole rings is 1. The van der Waals surface area contributed by atoms with Gasteiger partial charge in [-0.1, -0.05) is 0 Å². The van der Waals surface area contributed by atoms with E-state index in [1.165, 1.54) is 35.6 Å². The Morgan fingerprint density at radius 1 is 1.31 bits per heavy atom. The highest BCUT2D eigenvalue weighted by Crippen LogP contribution is 2.25. The molecule has 1 saturated heterocycles. The number of carbonyl (C=O) groups is 2. The summed E-state index contributed by atoms with van der Waals surface area (Å²) in [6, 6.07) is 5.66. The third kappa shape index (κ3) is 4.73. The van der Waals surface area contributed by atoms with Gasteiger partial charge >= 0.3 is 0 Å². The third-order valence-electron chi connectivity index (χ3n) is 3.60. The minimum absolute atomic E-state index is 0.0602. The van der Waals surface area contributed by atoms with Crippen LogP contribution in [0.25, 0.3) is 0 Å². The fourth-order valence-electron chi connectivity index (χ4n) is 2.38. The number of nitrogens with zero attached hydrogens (tertiary/aromatic N) is 2. The molecule has 0 aliphatic carbocycles. The van der Waals surface area contributed by atoms with Crippen molar-refractivity contribution in [1.82, 2.24) is 15.8 Å². The van der Waals surface area contributed by atoms with Crippen molar-refractivity contribution in [3.63, 3.8) is 0 Å². The molecule has 1 aromatic heterocycles. The van der Waals surface area contributed by atoms with Crippen LogP contribution in [0, 0.1) is 5.82 Å². The summed E-state index contributed by atoms with van der Waals surface area (Å²) < 4.78 is 12.8. The second-order valence-electron chi connectivity index (χ2n) is 5.58. The minimum atomic E-state index is -0.346. The van der Waals surface area contributed by atoms with Crippen molar-refractivity contribution in [2.75, 3.05) is 16.8 Å². The van der Waals surface area contributed by atoms with Crippen LogP contribution >= 0.6 is 23.6 Å². The van der Waals surface area contributed by atoms with Gasteiger partial charge in [0.05, 0.1) is 12.1 Å². The molecule has 1 fully saturated rings. The van der Waals surface area contributed by atoms with Crippen LogP contribution in [0.15, 0.2) is 29.6 Å². The third-order valence-corrected chi connectivity index (χ3v) is 4.72. The molecule has 3 N–H and O–H groups in total. The number of hydrazine groups is 1. The molecular formula is C16H16FN5O2S2. The normalized spacial score (nSPS) is 13.6. The Morgan fingerprint density at radius 2 is 2.08 bits per heavy atom. The number of rotatable bonds is 4. The molecule has 0 unspecified atom stereocenters. The van der Waals surface area contributed by atoms with Crippen molar-refractivity contribution in [3.8, 4) is 0 Å². The van der Waals surface area contributed by atoms with Crippen molar-refractivity contribution in [1.29, 1.82) is 0 Å². The summed E-state index contributed by atoms with van der Waals surface area (Å²) in [5, 5.41) is 5.37. The smallest absolute Gasteiger partial charge is 0.244 e. The van der Waals surface area contributed by atoms with Gasteiger partial charge in [-0.2, -0.15) is 0 Å². The molecule has 2 amide bonds. The molecule has 2 aromatic rings. The molecule has 0 saturated carbocycles. The highest BCUT2D eigenvalue weighted by Gasteiger charge is 2.24. The molecule has 0 radical (unpaired) electrons. The Hall–Kier alpha value is -2.59. The Balaban J connectivity index is 1.45. The predicted molar refractivity (Wildman–Crippen MR) is 101 cm³/mol. The molecule has 1 aliphatic rings. The van der Waals surface area contributed by atoms with Crippen molar-refractivity contribution < 1.29 is 14.0 Å². The standard InChI is InChI=1S/C16H16FN5O2S2/c17-10-3-5-11(6-4-10)18-15(25)21-20-13(23)8-12-9-26-16(19-12)22-7-1-2-14(22)24/h3-6,9H,1-2,7-8H2,(H,20,23)(H2,18,21,25). The SMILES string of the molecule is O=C(Cc1csc(N2CCCC2=O)n1)NNC(=S)Nc1ccc(F)cc1. The van der Waals surface area contributed by atoms with E-state index in [-0.39, 0.29) is 29.2 Å². The Kier molecular flexibility index (Phi) is 5.74. The lowest BCUT2D eigenvalue weighted by molar-refractivity contribution is -0.121. The highest BCUT2D eigenvalue weighted by molar-refractivity contribution is 7.80. The summed E-state index contributed by atoms with van der Waals surface area (Å²) >= 11 is 6.40. The Morgan fingerprint density at radius 3 is 2.77 bits per heavy atom. The number of carbonyl (C=O) groups excluding carboxylic acids is 2. The van der Waals surface area contributed by atoms with E-state index in [4.69, 9.17) is 12.2 Å². The maximum absolute atomic E-state index is 12.8. The maximum atomic E-state index is 12.8. The average Bonchev–Trinajstić information content (AvgIpc) is 3.24. The van der Waals surface area contributed by atoms with E-state index in [1.807, 2.05) is 0 Å². The largest absolute Gasteiger partial charge is 0.331 e. The van der Waals surface area contributed by atoms with Crippen LogP contribution in [-0.4, -0.2) is 28.5 Å². The van der Waals surface area contributed by atoms with Gasteiger partial charge in [-0.25, -0.2) is 9.37 Å². The summed E-state index contributed by atoms with van der Waals surface area (Å²) in [6.07, 6.45) is 1.43. The molecule has 0 bridgehead atoms. The number of benzene rings is 1. The van der Waals surface area contributed by atoms with E-state index in [2.05, 4.69) is 21.2 Å². The van der Waals surface area contributed by atoms with E-state index in [0.717, 1.165) is 6.42 Å². The molecule has 7 nitrogen and oxygen atoms in total. The number of thiocarbonyl (C=S) groups is 1. The summed E-state index contributed by atoms with van der Waals surface area (Å²) in [5.74, 6) is -0.604. The van der Waals surface area contributed by atoms with Gasteiger partial charge in [0.1, 0.15) is 5.82 Å².